The highest BCUT2D eigenvalue weighted by molar-refractivity contribution is 6.61. The summed E-state index contributed by atoms with van der Waals surface area (Å²) < 4.78 is 4.60. The van der Waals surface area contributed by atoms with Crippen LogP contribution in [0.25, 0.3) is 0 Å². The van der Waals surface area contributed by atoms with E-state index in [4.69, 9.17) is 19.4 Å². The fourth-order valence-corrected chi connectivity index (χ4v) is 0.864. The number of ether oxygens (including phenoxy) is 1. The van der Waals surface area contributed by atoms with Gasteiger partial charge in [-0.05, 0) is 19.1 Å². The normalized spacial score (nSPS) is 9.50. The lowest BCUT2D eigenvalue weighted by molar-refractivity contribution is 0.225. The number of carbonyl (C=O) groups excluding carboxylic acids is 1. The Morgan fingerprint density at radius 1 is 1.58 bits per heavy atom. The zero-order valence-corrected chi connectivity index (χ0v) is 7.26. The number of rotatable bonds is 1. The third-order valence-corrected chi connectivity index (χ3v) is 1.53. The van der Waals surface area contributed by atoms with E-state index in [-0.39, 0.29) is 0 Å². The number of aryl methyl sites for hydroxylation is 1. The Morgan fingerprint density at radius 2 is 2.25 bits per heavy atom. The van der Waals surface area contributed by atoms with Crippen LogP contribution in [0, 0.1) is 6.92 Å². The summed E-state index contributed by atoms with van der Waals surface area (Å²) in [4.78, 5) is 10.3. The van der Waals surface area contributed by atoms with Crippen LogP contribution in [0.4, 0.5) is 4.79 Å². The zero-order valence-electron chi connectivity index (χ0n) is 6.50. The first-order valence-electron chi connectivity index (χ1n) is 3.33. The molecule has 0 unspecified atom stereocenters. The van der Waals surface area contributed by atoms with Crippen molar-refractivity contribution in [2.45, 2.75) is 6.92 Å². The van der Waals surface area contributed by atoms with Crippen molar-refractivity contribution < 1.29 is 9.53 Å². The second kappa shape index (κ2) is 3.63. The second-order valence-corrected chi connectivity index (χ2v) is 2.67. The third-order valence-electron chi connectivity index (χ3n) is 1.45. The Bertz CT molecular complexity index is 312. The number of carbonyl (C=O) groups is 1. The molecule has 0 N–H and O–H groups in total. The second-order valence-electron chi connectivity index (χ2n) is 2.36. The number of halogens is 1. The van der Waals surface area contributed by atoms with E-state index in [0.717, 1.165) is 5.56 Å². The molecule has 0 bridgehead atoms. The maximum Gasteiger partial charge on any atom is 0.409 e. The Labute approximate surface area is 76.9 Å². The minimum Gasteiger partial charge on any atom is -0.415 e. The van der Waals surface area contributed by atoms with Crippen LogP contribution in [0.1, 0.15) is 5.56 Å². The average molecular weight is 180 g/mol. The lowest BCUT2D eigenvalue weighted by Gasteiger charge is -2.03. The van der Waals surface area contributed by atoms with Crippen molar-refractivity contribution in [2.24, 2.45) is 0 Å². The molecule has 2 nitrogen and oxygen atoms in total. The Hall–Kier alpha value is -0.955. The summed E-state index contributed by atoms with van der Waals surface area (Å²) >= 11 is 5.00. The minimum atomic E-state index is -0.863. The lowest BCUT2D eigenvalue weighted by Crippen LogP contribution is -2.08. The molecule has 0 spiro atoms. The van der Waals surface area contributed by atoms with Crippen molar-refractivity contribution in [3.8, 4) is 5.75 Å². The molecule has 1 aromatic carbocycles. The van der Waals surface area contributed by atoms with Crippen molar-refractivity contribution in [3.63, 3.8) is 0 Å². The largest absolute Gasteiger partial charge is 0.415 e. The van der Waals surface area contributed by atoms with Gasteiger partial charge < -0.3 is 4.74 Å². The summed E-state index contributed by atoms with van der Waals surface area (Å²) in [6.07, 6.45) is 0. The van der Waals surface area contributed by atoms with Crippen molar-refractivity contribution >= 4 is 30.3 Å². The Morgan fingerprint density at radius 3 is 2.75 bits per heavy atom. The molecule has 1 aromatic rings. The van der Waals surface area contributed by atoms with E-state index in [9.17, 15) is 4.79 Å². The van der Waals surface area contributed by atoms with Crippen LogP contribution in [0.15, 0.2) is 18.2 Å². The van der Waals surface area contributed by atoms with Gasteiger partial charge in [0.2, 0.25) is 0 Å². The molecular weight excluding hydrogens is 174 g/mol. The molecule has 0 saturated heterocycles. The van der Waals surface area contributed by atoms with Crippen LogP contribution in [-0.2, 0) is 0 Å². The summed E-state index contributed by atoms with van der Waals surface area (Å²) in [7, 11) is 5.56. The van der Waals surface area contributed by atoms with E-state index in [1.54, 1.807) is 18.2 Å². The Balaban J connectivity index is 2.89. The molecule has 12 heavy (non-hydrogen) atoms. The first-order chi connectivity index (χ1) is 5.59. The van der Waals surface area contributed by atoms with Gasteiger partial charge in [-0.1, -0.05) is 17.1 Å². The molecule has 0 aliphatic heterocycles. The molecule has 4 heteroatoms. The number of hydrogen-bond donors (Lipinski definition) is 0. The summed E-state index contributed by atoms with van der Waals surface area (Å²) in [5, 5.41) is 0. The smallest absolute Gasteiger partial charge is 0.409 e. The SMILES string of the molecule is [B]c1cc(OC(=O)Cl)ccc1C. The van der Waals surface area contributed by atoms with Crippen LogP contribution < -0.4 is 10.2 Å². The fraction of sp³-hybridized carbons (Fsp3) is 0.125. The molecule has 0 aliphatic carbocycles. The summed E-state index contributed by atoms with van der Waals surface area (Å²) in [5.41, 5.74) is 0.646. The van der Waals surface area contributed by atoms with E-state index in [2.05, 4.69) is 4.74 Å². The van der Waals surface area contributed by atoms with Gasteiger partial charge in [-0.15, -0.1) is 0 Å². The van der Waals surface area contributed by atoms with Gasteiger partial charge in [0.1, 0.15) is 13.6 Å². The van der Waals surface area contributed by atoms with Crippen LogP contribution in [-0.4, -0.2) is 13.3 Å². The number of hydrogen-bond acceptors (Lipinski definition) is 2. The quantitative estimate of drug-likeness (QED) is 0.484. The third kappa shape index (κ3) is 2.27. The summed E-state index contributed by atoms with van der Waals surface area (Å²) in [6.45, 7) is 1.86. The van der Waals surface area contributed by atoms with Crippen LogP contribution in [0.5, 0.6) is 5.75 Å². The van der Waals surface area contributed by atoms with E-state index in [1.165, 1.54) is 0 Å². The van der Waals surface area contributed by atoms with Crippen molar-refractivity contribution in [1.29, 1.82) is 0 Å². The van der Waals surface area contributed by atoms with Gasteiger partial charge in [0.05, 0.1) is 0 Å². The predicted octanol–water partition coefficient (Wildman–Crippen LogP) is 1.53. The van der Waals surface area contributed by atoms with Crippen LogP contribution >= 0.6 is 11.6 Å². The molecular formula is C8H6BClO2. The summed E-state index contributed by atoms with van der Waals surface area (Å²) in [5.74, 6) is 0.359. The molecule has 0 atom stereocenters. The highest BCUT2D eigenvalue weighted by Gasteiger charge is 2.00. The zero-order chi connectivity index (χ0) is 9.14. The first-order valence-corrected chi connectivity index (χ1v) is 3.71. The summed E-state index contributed by atoms with van der Waals surface area (Å²) in [6, 6.07) is 4.94. The average Bonchev–Trinajstić information content (AvgIpc) is 1.96. The van der Waals surface area contributed by atoms with Gasteiger partial charge in [0.25, 0.3) is 0 Å². The standard InChI is InChI=1S/C8H6BClO2/c1-5-2-3-6(4-7(5)9)12-8(10)11/h2-4H,1H3. The van der Waals surface area contributed by atoms with Gasteiger partial charge in [-0.25, -0.2) is 4.79 Å². The molecule has 0 amide bonds. The topological polar surface area (TPSA) is 26.3 Å². The highest BCUT2D eigenvalue weighted by Crippen LogP contribution is 2.10. The van der Waals surface area contributed by atoms with Crippen molar-refractivity contribution in [1.82, 2.24) is 0 Å². The van der Waals surface area contributed by atoms with E-state index in [1.807, 2.05) is 6.92 Å². The van der Waals surface area contributed by atoms with E-state index >= 15 is 0 Å². The predicted molar refractivity (Wildman–Crippen MR) is 48.4 cm³/mol. The lowest BCUT2D eigenvalue weighted by atomic mass is 9.91. The van der Waals surface area contributed by atoms with Crippen molar-refractivity contribution in [3.05, 3.63) is 23.8 Å². The van der Waals surface area contributed by atoms with Gasteiger partial charge in [-0.3, -0.25) is 0 Å². The monoisotopic (exact) mass is 180 g/mol. The van der Waals surface area contributed by atoms with Crippen LogP contribution in [0.3, 0.4) is 0 Å². The first kappa shape index (κ1) is 9.14. The molecule has 2 radical (unpaired) electrons. The maximum atomic E-state index is 10.3. The molecule has 0 saturated carbocycles. The maximum absolute atomic E-state index is 10.3. The van der Waals surface area contributed by atoms with Crippen molar-refractivity contribution in [2.75, 3.05) is 0 Å². The Kier molecular flexibility index (Phi) is 2.76. The molecule has 0 fully saturated rings. The molecule has 60 valence electrons. The van der Waals surface area contributed by atoms with E-state index in [0.29, 0.717) is 11.2 Å². The molecule has 0 aliphatic rings. The molecule has 0 aromatic heterocycles. The molecule has 0 heterocycles. The number of benzene rings is 1. The minimum absolute atomic E-state index is 0.359. The molecule has 1 rings (SSSR count). The van der Waals surface area contributed by atoms with Gasteiger partial charge in [0, 0.05) is 11.6 Å². The highest BCUT2D eigenvalue weighted by atomic mass is 35.5. The van der Waals surface area contributed by atoms with Gasteiger partial charge >= 0.3 is 5.43 Å². The van der Waals surface area contributed by atoms with E-state index < -0.39 is 5.43 Å². The fourth-order valence-electron chi connectivity index (χ4n) is 0.775. The van der Waals surface area contributed by atoms with Crippen LogP contribution in [0.2, 0.25) is 0 Å². The van der Waals surface area contributed by atoms with Gasteiger partial charge in [-0.2, -0.15) is 0 Å². The van der Waals surface area contributed by atoms with Gasteiger partial charge in [0.15, 0.2) is 0 Å².